The highest BCUT2D eigenvalue weighted by molar-refractivity contribution is 6.38. The van der Waals surface area contributed by atoms with Crippen molar-refractivity contribution in [3.63, 3.8) is 0 Å². The maximum Gasteiger partial charge on any atom is 0.291 e. The Morgan fingerprint density at radius 3 is 2.75 bits per heavy atom. The molecular weight excluding hydrogens is 258 g/mol. The Bertz CT molecular complexity index is 646. The first-order valence-corrected chi connectivity index (χ1v) is 5.83. The van der Waals surface area contributed by atoms with Crippen LogP contribution >= 0.6 is 0 Å². The van der Waals surface area contributed by atoms with Crippen molar-refractivity contribution in [2.24, 2.45) is 10.3 Å². The van der Waals surface area contributed by atoms with Gasteiger partial charge in [-0.3, -0.25) is 9.89 Å². The van der Waals surface area contributed by atoms with Gasteiger partial charge in [-0.05, 0) is 13.0 Å². The zero-order chi connectivity index (χ0) is 14.4. The number of hydrazone groups is 1. The summed E-state index contributed by atoms with van der Waals surface area (Å²) in [5.74, 6) is -0.450. The average molecular weight is 271 g/mol. The average Bonchev–Trinajstić information content (AvgIpc) is 2.91. The highest BCUT2D eigenvalue weighted by atomic mass is 16.4. The predicted octanol–water partition coefficient (Wildman–Crippen LogP) is 1.31. The Kier molecular flexibility index (Phi) is 4.23. The van der Waals surface area contributed by atoms with Gasteiger partial charge in [-0.25, -0.2) is 5.43 Å². The molecule has 0 radical (unpaired) electrons. The van der Waals surface area contributed by atoms with Crippen molar-refractivity contribution in [2.75, 3.05) is 0 Å². The Morgan fingerprint density at radius 1 is 1.40 bits per heavy atom. The summed E-state index contributed by atoms with van der Waals surface area (Å²) in [6.45, 7) is 1.79. The van der Waals surface area contributed by atoms with Crippen molar-refractivity contribution in [3.05, 3.63) is 53.3 Å². The van der Waals surface area contributed by atoms with Gasteiger partial charge < -0.3 is 5.21 Å². The molecule has 0 atom stereocenters. The molecule has 1 amide bonds. The van der Waals surface area contributed by atoms with Crippen LogP contribution in [0.25, 0.3) is 0 Å². The molecule has 0 saturated carbocycles. The van der Waals surface area contributed by atoms with Crippen LogP contribution in [0, 0.1) is 6.92 Å². The van der Waals surface area contributed by atoms with Gasteiger partial charge in [0.2, 0.25) is 0 Å². The molecule has 20 heavy (non-hydrogen) atoms. The van der Waals surface area contributed by atoms with E-state index in [2.05, 4.69) is 25.9 Å². The summed E-state index contributed by atoms with van der Waals surface area (Å²) in [5.41, 5.74) is 4.41. The Morgan fingerprint density at radius 2 is 2.15 bits per heavy atom. The van der Waals surface area contributed by atoms with Crippen molar-refractivity contribution >= 4 is 17.8 Å². The third-order valence-electron chi connectivity index (χ3n) is 2.47. The fraction of sp³-hybridized carbons (Fsp3) is 0.0769. The minimum absolute atomic E-state index is 0.236. The van der Waals surface area contributed by atoms with Crippen molar-refractivity contribution in [3.8, 4) is 0 Å². The number of benzene rings is 1. The maximum atomic E-state index is 11.8. The van der Waals surface area contributed by atoms with E-state index in [1.54, 1.807) is 25.1 Å². The summed E-state index contributed by atoms with van der Waals surface area (Å²) < 4.78 is 0. The number of carbonyl (C=O) groups excluding carboxylic acids is 1. The van der Waals surface area contributed by atoms with E-state index in [1.165, 1.54) is 0 Å². The molecule has 102 valence electrons. The van der Waals surface area contributed by atoms with Crippen molar-refractivity contribution in [1.82, 2.24) is 15.6 Å². The fourth-order valence-corrected chi connectivity index (χ4v) is 1.53. The summed E-state index contributed by atoms with van der Waals surface area (Å²) in [4.78, 5) is 11.8. The summed E-state index contributed by atoms with van der Waals surface area (Å²) in [5, 5.41) is 22.0. The van der Waals surface area contributed by atoms with Gasteiger partial charge in [0.15, 0.2) is 5.69 Å². The van der Waals surface area contributed by atoms with E-state index in [1.807, 2.05) is 18.2 Å². The van der Waals surface area contributed by atoms with Crippen molar-refractivity contribution in [2.45, 2.75) is 6.92 Å². The van der Waals surface area contributed by atoms with Crippen LogP contribution in [-0.4, -0.2) is 33.2 Å². The largest absolute Gasteiger partial charge is 0.411 e. The number of hydrogen-bond donors (Lipinski definition) is 3. The zero-order valence-corrected chi connectivity index (χ0v) is 10.7. The first-order valence-electron chi connectivity index (χ1n) is 5.83. The number of nitrogens with zero attached hydrogens (tertiary/aromatic N) is 3. The van der Waals surface area contributed by atoms with E-state index in [0.29, 0.717) is 11.3 Å². The van der Waals surface area contributed by atoms with E-state index in [4.69, 9.17) is 5.21 Å². The third-order valence-corrected chi connectivity index (χ3v) is 2.47. The van der Waals surface area contributed by atoms with E-state index in [-0.39, 0.29) is 5.69 Å². The first kappa shape index (κ1) is 13.5. The quantitative estimate of drug-likeness (QED) is 0.444. The van der Waals surface area contributed by atoms with Crippen LogP contribution < -0.4 is 5.43 Å². The highest BCUT2D eigenvalue weighted by Gasteiger charge is 2.09. The number of nitrogens with one attached hydrogen (secondary N) is 2. The lowest BCUT2D eigenvalue weighted by Crippen LogP contribution is -2.21. The molecule has 0 spiro atoms. The summed E-state index contributed by atoms with van der Waals surface area (Å²) in [7, 11) is 0. The van der Waals surface area contributed by atoms with Gasteiger partial charge in [0.05, 0.1) is 6.21 Å². The molecule has 2 rings (SSSR count). The Labute approximate surface area is 115 Å². The van der Waals surface area contributed by atoms with Gasteiger partial charge in [-0.1, -0.05) is 35.5 Å². The lowest BCUT2D eigenvalue weighted by Gasteiger charge is -2.01. The van der Waals surface area contributed by atoms with Crippen LogP contribution in [0.3, 0.4) is 0 Å². The number of aryl methyl sites for hydroxylation is 1. The van der Waals surface area contributed by atoms with Gasteiger partial charge in [0.25, 0.3) is 5.91 Å². The first-order chi connectivity index (χ1) is 9.70. The van der Waals surface area contributed by atoms with E-state index in [9.17, 15) is 4.79 Å². The maximum absolute atomic E-state index is 11.8. The van der Waals surface area contributed by atoms with E-state index < -0.39 is 5.91 Å². The monoisotopic (exact) mass is 271 g/mol. The molecule has 1 aromatic heterocycles. The zero-order valence-electron chi connectivity index (χ0n) is 10.7. The van der Waals surface area contributed by atoms with Gasteiger partial charge in [0, 0.05) is 11.3 Å². The number of carbonyl (C=O) groups is 1. The number of amides is 1. The Hall–Kier alpha value is -2.96. The lowest BCUT2D eigenvalue weighted by atomic mass is 10.1. The smallest absolute Gasteiger partial charge is 0.291 e. The van der Waals surface area contributed by atoms with Crippen molar-refractivity contribution < 1.29 is 10.0 Å². The molecule has 0 aliphatic heterocycles. The minimum atomic E-state index is -0.450. The number of rotatable bonds is 4. The van der Waals surface area contributed by atoms with Crippen LogP contribution in [-0.2, 0) is 0 Å². The molecule has 3 N–H and O–H groups in total. The molecule has 1 aromatic carbocycles. The number of hydrogen-bond acceptors (Lipinski definition) is 5. The SMILES string of the molecule is Cc1cc(C(=O)N/N=C(\C=N\O)c2ccccc2)n[nH]1. The molecule has 0 bridgehead atoms. The lowest BCUT2D eigenvalue weighted by molar-refractivity contribution is 0.0950. The molecule has 0 aliphatic rings. The molecular formula is C13H13N5O2. The van der Waals surface area contributed by atoms with Gasteiger partial charge in [-0.2, -0.15) is 10.2 Å². The Balaban J connectivity index is 2.16. The van der Waals surface area contributed by atoms with Gasteiger partial charge in [-0.15, -0.1) is 0 Å². The van der Waals surface area contributed by atoms with Crippen LogP contribution in [0.15, 0.2) is 46.7 Å². The van der Waals surface area contributed by atoms with E-state index in [0.717, 1.165) is 11.9 Å². The number of oxime groups is 1. The molecule has 0 saturated heterocycles. The van der Waals surface area contributed by atoms with Crippen LogP contribution in [0.4, 0.5) is 0 Å². The second kappa shape index (κ2) is 6.28. The molecule has 1 heterocycles. The molecule has 7 nitrogen and oxygen atoms in total. The predicted molar refractivity (Wildman–Crippen MR) is 74.0 cm³/mol. The summed E-state index contributed by atoms with van der Waals surface area (Å²) in [6.07, 6.45) is 1.14. The second-order valence-corrected chi connectivity index (χ2v) is 3.98. The second-order valence-electron chi connectivity index (χ2n) is 3.98. The topological polar surface area (TPSA) is 103 Å². The molecule has 0 fully saturated rings. The van der Waals surface area contributed by atoms with Crippen molar-refractivity contribution in [1.29, 1.82) is 0 Å². The van der Waals surface area contributed by atoms with Gasteiger partial charge in [0.1, 0.15) is 5.71 Å². The number of H-pyrrole nitrogens is 1. The molecule has 0 unspecified atom stereocenters. The van der Waals surface area contributed by atoms with Gasteiger partial charge >= 0.3 is 0 Å². The van der Waals surface area contributed by atoms with E-state index >= 15 is 0 Å². The normalized spacial score (nSPS) is 11.8. The summed E-state index contributed by atoms with van der Waals surface area (Å²) >= 11 is 0. The van der Waals surface area contributed by atoms with Crippen LogP contribution in [0.1, 0.15) is 21.7 Å². The molecule has 0 aliphatic carbocycles. The fourth-order valence-electron chi connectivity index (χ4n) is 1.53. The van der Waals surface area contributed by atoms with Crippen LogP contribution in [0.2, 0.25) is 0 Å². The molecule has 7 heteroatoms. The van der Waals surface area contributed by atoms with Crippen LogP contribution in [0.5, 0.6) is 0 Å². The number of aromatic amines is 1. The standard InChI is InChI=1S/C13H13N5O2/c1-9-7-11(16-15-9)13(19)18-17-12(8-14-20)10-5-3-2-4-6-10/h2-8,20H,1H3,(H,15,16)(H,18,19)/b14-8+,17-12+. The third kappa shape index (κ3) is 3.29. The highest BCUT2D eigenvalue weighted by Crippen LogP contribution is 2.01. The summed E-state index contributed by atoms with van der Waals surface area (Å²) in [6, 6.07) is 10.6. The molecule has 2 aromatic rings. The minimum Gasteiger partial charge on any atom is -0.411 e. The number of aromatic nitrogens is 2.